The van der Waals surface area contributed by atoms with Crippen molar-refractivity contribution in [3.63, 3.8) is 0 Å². The lowest BCUT2D eigenvalue weighted by Crippen LogP contribution is -2.61. The number of ketones is 1. The molecule has 424 valence electrons. The van der Waals surface area contributed by atoms with E-state index in [0.717, 1.165) is 4.90 Å². The Morgan fingerprint density at radius 2 is 1.28 bits per heavy atom. The number of carboxylic acid groups (broad SMARTS) is 2. The molecular formula is C55H72N12O12. The lowest BCUT2D eigenvalue weighted by molar-refractivity contribution is -0.149. The zero-order chi connectivity index (χ0) is 57.9. The molecule has 0 aliphatic carbocycles. The van der Waals surface area contributed by atoms with E-state index in [2.05, 4.69) is 46.9 Å². The number of H-pyrrole nitrogens is 1. The molecule has 4 aromatic rings. The van der Waals surface area contributed by atoms with E-state index in [1.165, 1.54) is 36.8 Å². The molecule has 24 nitrogen and oxygen atoms in total. The highest BCUT2D eigenvalue weighted by molar-refractivity contribution is 6.09. The number of benzene rings is 3. The summed E-state index contributed by atoms with van der Waals surface area (Å²) in [7, 11) is 1.56. The van der Waals surface area contributed by atoms with Gasteiger partial charge < -0.3 is 68.6 Å². The molecule has 1 fully saturated rings. The Bertz CT molecular complexity index is 2770. The number of hydrogen-bond acceptors (Lipinski definition) is 13. The number of likely N-dealkylation sites (tertiary alicyclic amines) is 1. The average Bonchev–Trinajstić information content (AvgIpc) is 4.11. The quantitative estimate of drug-likeness (QED) is 0.0151. The van der Waals surface area contributed by atoms with Gasteiger partial charge in [-0.2, -0.15) is 0 Å². The fourth-order valence-corrected chi connectivity index (χ4v) is 9.27. The average molecular weight is 1090 g/mol. The number of aliphatic carboxylic acids is 2. The fourth-order valence-electron chi connectivity index (χ4n) is 9.27. The molecule has 24 heteroatoms. The molecule has 0 unspecified atom stereocenters. The summed E-state index contributed by atoms with van der Waals surface area (Å²) in [6.07, 6.45) is 2.50. The van der Waals surface area contributed by atoms with Gasteiger partial charge >= 0.3 is 11.9 Å². The van der Waals surface area contributed by atoms with Crippen LogP contribution in [0.3, 0.4) is 0 Å². The Kier molecular flexibility index (Phi) is 22.6. The molecule has 1 aromatic heterocycles. The Hall–Kier alpha value is -8.67. The number of nitrogens with zero attached hydrogens (tertiary/aromatic N) is 3. The number of guanidine groups is 1. The van der Waals surface area contributed by atoms with Crippen molar-refractivity contribution in [2.24, 2.45) is 40.1 Å². The van der Waals surface area contributed by atoms with Crippen LogP contribution in [0.5, 0.6) is 5.75 Å². The second-order valence-corrected chi connectivity index (χ2v) is 20.2. The molecule has 1 aliphatic heterocycles. The van der Waals surface area contributed by atoms with Crippen LogP contribution in [-0.2, 0) is 57.6 Å². The van der Waals surface area contributed by atoms with E-state index in [1.807, 2.05) is 0 Å². The predicted octanol–water partition coefficient (Wildman–Crippen LogP) is 0.386. The van der Waals surface area contributed by atoms with Crippen LogP contribution in [0.2, 0.25) is 0 Å². The molecule has 0 spiro atoms. The summed E-state index contributed by atoms with van der Waals surface area (Å²) in [4.78, 5) is 135. The first-order chi connectivity index (χ1) is 37.6. The molecular weight excluding hydrogens is 1020 g/mol. The summed E-state index contributed by atoms with van der Waals surface area (Å²) in [5, 5.41) is 47.2. The fraction of sp³-hybridized carbons (Fsp3) is 0.436. The number of rotatable bonds is 29. The zero-order valence-corrected chi connectivity index (χ0v) is 44.8. The molecule has 5 rings (SSSR count). The van der Waals surface area contributed by atoms with Crippen molar-refractivity contribution in [3.8, 4) is 5.75 Å². The summed E-state index contributed by atoms with van der Waals surface area (Å²) in [6.45, 7) is 6.35. The minimum atomic E-state index is -1.48. The van der Waals surface area contributed by atoms with Gasteiger partial charge in [-0.05, 0) is 73.7 Å². The first-order valence-corrected chi connectivity index (χ1v) is 26.0. The first-order valence-electron chi connectivity index (χ1n) is 26.0. The van der Waals surface area contributed by atoms with Gasteiger partial charge in [0, 0.05) is 48.9 Å². The number of imidazole rings is 1. The van der Waals surface area contributed by atoms with Crippen LogP contribution in [0.25, 0.3) is 0 Å². The van der Waals surface area contributed by atoms with Gasteiger partial charge in [0.15, 0.2) is 11.7 Å². The van der Waals surface area contributed by atoms with Crippen molar-refractivity contribution >= 4 is 59.1 Å². The third-order valence-electron chi connectivity index (χ3n) is 13.5. The molecule has 0 bridgehead atoms. The van der Waals surface area contributed by atoms with E-state index < -0.39 is 107 Å². The number of aromatic hydroxyl groups is 1. The van der Waals surface area contributed by atoms with Gasteiger partial charge in [0.05, 0.1) is 18.8 Å². The summed E-state index contributed by atoms with van der Waals surface area (Å²) < 4.78 is 0. The van der Waals surface area contributed by atoms with Crippen LogP contribution in [-0.4, -0.2) is 152 Å². The molecule has 6 amide bonds. The minimum absolute atomic E-state index is 0.0423. The Labute approximate surface area is 457 Å². The van der Waals surface area contributed by atoms with Crippen LogP contribution in [0.15, 0.2) is 96.4 Å². The standard InChI is InChI=1S/C55H72N12O12/c1-30(2)45(65-48(71)40(62-44(69)27-58-5)12-9-21-60-55(56)57)50(73)63-41(23-33-15-19-38(68)20-16-33)49(72)66-46(31(3)4)51(74)64-42(25-37-26-59-29-61-37)52(75)67-28-36(24-43(67)54(78)79)39(53(76)77)22-32-13-17-35(18-14-32)47(70)34-10-7-6-8-11-34/h6-8,10-11,13-20,26,29-31,36,39-43,45-46,58,68H,9,12,21-25,27-28H2,1-5H3,(H,59,61)(H,62,69)(H,63,73)(H,64,74)(H,65,71)(H,66,72)(H,76,77)(H,78,79)(H4,56,57,60)/t36-,39-,40+,41+,42+,43+,45+,46+/m1/s1. The third-order valence-corrected chi connectivity index (χ3v) is 13.5. The number of nitrogens with two attached hydrogens (primary N) is 2. The van der Waals surface area contributed by atoms with Gasteiger partial charge in [-0.25, -0.2) is 9.78 Å². The number of hydrogen-bond donors (Lipinski definition) is 12. The van der Waals surface area contributed by atoms with E-state index in [4.69, 9.17) is 11.5 Å². The number of carbonyl (C=O) groups is 9. The van der Waals surface area contributed by atoms with Gasteiger partial charge in [0.2, 0.25) is 35.4 Å². The third kappa shape index (κ3) is 17.9. The summed E-state index contributed by atoms with van der Waals surface area (Å²) in [6, 6.07) is 12.8. The molecule has 0 saturated carbocycles. The molecule has 2 heterocycles. The van der Waals surface area contributed by atoms with E-state index in [0.29, 0.717) is 34.4 Å². The van der Waals surface area contributed by atoms with Crippen LogP contribution in [0, 0.1) is 23.7 Å². The van der Waals surface area contributed by atoms with Gasteiger partial charge in [0.1, 0.15) is 42.0 Å². The van der Waals surface area contributed by atoms with Crippen molar-refractivity contribution in [1.82, 2.24) is 46.8 Å². The zero-order valence-electron chi connectivity index (χ0n) is 44.8. The van der Waals surface area contributed by atoms with Gasteiger partial charge in [-0.3, -0.25) is 43.3 Å². The number of likely N-dealkylation sites (N-methyl/N-ethyl adjacent to an activating group) is 1. The number of aliphatic imine (C=N–C) groups is 1. The monoisotopic (exact) mass is 1090 g/mol. The number of nitrogens with one attached hydrogen (secondary N) is 7. The number of carboxylic acids is 2. The summed E-state index contributed by atoms with van der Waals surface area (Å²) in [5.74, 6) is -10.8. The molecule has 1 saturated heterocycles. The highest BCUT2D eigenvalue weighted by atomic mass is 16.4. The normalized spacial score (nSPS) is 16.3. The maximum absolute atomic E-state index is 14.7. The van der Waals surface area contributed by atoms with E-state index in [9.17, 15) is 58.5 Å². The predicted molar refractivity (Wildman–Crippen MR) is 290 cm³/mol. The summed E-state index contributed by atoms with van der Waals surface area (Å²) >= 11 is 0. The van der Waals surface area contributed by atoms with Crippen molar-refractivity contribution in [2.75, 3.05) is 26.7 Å². The smallest absolute Gasteiger partial charge is 0.326 e. The largest absolute Gasteiger partial charge is 0.508 e. The Balaban J connectivity index is 1.36. The number of amides is 6. The number of phenolic OH excluding ortho intramolecular Hbond substituents is 1. The van der Waals surface area contributed by atoms with Crippen LogP contribution in [0.4, 0.5) is 0 Å². The van der Waals surface area contributed by atoms with Crippen molar-refractivity contribution < 1.29 is 58.5 Å². The van der Waals surface area contributed by atoms with E-state index in [1.54, 1.807) is 89.3 Å². The SMILES string of the molecule is CNCC(=O)N[C@@H](CCCN=C(N)N)C(=O)N[C@H](C(=O)N[C@@H](Cc1ccc(O)cc1)C(=O)N[C@H](C(=O)N[C@@H](Cc1cnc[nH]1)C(=O)N1C[C@H]([C@@H](Cc2ccc(C(=O)c3ccccc3)cc2)C(=O)O)C[C@H]1C(=O)O)C(C)C)C(C)C. The van der Waals surface area contributed by atoms with E-state index in [-0.39, 0.29) is 69.2 Å². The van der Waals surface area contributed by atoms with Gasteiger partial charge in [0.25, 0.3) is 0 Å². The Morgan fingerprint density at radius 1 is 0.709 bits per heavy atom. The second-order valence-electron chi connectivity index (χ2n) is 20.2. The highest BCUT2D eigenvalue weighted by Gasteiger charge is 2.47. The van der Waals surface area contributed by atoms with Gasteiger partial charge in [-0.15, -0.1) is 0 Å². The summed E-state index contributed by atoms with van der Waals surface area (Å²) in [5.41, 5.74) is 13.2. The molecule has 1 aliphatic rings. The number of carbonyl (C=O) groups excluding carboxylic acids is 7. The lowest BCUT2D eigenvalue weighted by Gasteiger charge is -2.31. The second kappa shape index (κ2) is 29.2. The molecule has 79 heavy (non-hydrogen) atoms. The van der Waals surface area contributed by atoms with Crippen molar-refractivity contribution in [1.29, 1.82) is 0 Å². The van der Waals surface area contributed by atoms with Crippen molar-refractivity contribution in [2.45, 2.75) is 102 Å². The topological polar surface area (TPSA) is 383 Å². The maximum atomic E-state index is 14.7. The lowest BCUT2D eigenvalue weighted by atomic mass is 9.85. The van der Waals surface area contributed by atoms with Crippen LogP contribution < -0.4 is 43.4 Å². The maximum Gasteiger partial charge on any atom is 0.326 e. The molecule has 3 aromatic carbocycles. The minimum Gasteiger partial charge on any atom is -0.508 e. The molecule has 14 N–H and O–H groups in total. The highest BCUT2D eigenvalue weighted by Crippen LogP contribution is 2.33. The Morgan fingerprint density at radius 3 is 1.82 bits per heavy atom. The first kappa shape index (κ1) is 61.2. The molecule has 8 atom stereocenters. The number of aromatic nitrogens is 2. The number of phenols is 1. The van der Waals surface area contributed by atoms with Gasteiger partial charge in [-0.1, -0.05) is 94.4 Å². The van der Waals surface area contributed by atoms with E-state index >= 15 is 0 Å². The van der Waals surface area contributed by atoms with Crippen LogP contribution >= 0.6 is 0 Å². The van der Waals surface area contributed by atoms with Crippen molar-refractivity contribution in [3.05, 3.63) is 119 Å². The molecule has 0 radical (unpaired) electrons. The number of aromatic amines is 1. The van der Waals surface area contributed by atoms with Crippen LogP contribution in [0.1, 0.15) is 79.7 Å².